The van der Waals surface area contributed by atoms with Crippen LogP contribution in [0.5, 0.6) is 0 Å². The van der Waals surface area contributed by atoms with Gasteiger partial charge in [0, 0.05) is 50.2 Å². The van der Waals surface area contributed by atoms with E-state index in [4.69, 9.17) is 4.99 Å². The summed E-state index contributed by atoms with van der Waals surface area (Å²) < 4.78 is 4.77. The highest BCUT2D eigenvalue weighted by Gasteiger charge is 2.28. The zero-order valence-electron chi connectivity index (χ0n) is 31.5. The number of rotatable bonds is 5. The van der Waals surface area contributed by atoms with E-state index < -0.39 is 6.29 Å². The summed E-state index contributed by atoms with van der Waals surface area (Å²) in [7, 11) is 0. The molecule has 0 fully saturated rings. The fourth-order valence-electron chi connectivity index (χ4n) is 9.29. The van der Waals surface area contributed by atoms with E-state index in [0.717, 1.165) is 50.4 Å². The molecule has 0 saturated carbocycles. The average molecular weight is 741 g/mol. The number of anilines is 1. The number of aliphatic imine (C=N–C) groups is 1. The van der Waals surface area contributed by atoms with Gasteiger partial charge in [0.1, 0.15) is 0 Å². The van der Waals surface area contributed by atoms with Crippen LogP contribution < -0.4 is 5.32 Å². The Hall–Kier alpha value is -7.69. The van der Waals surface area contributed by atoms with Gasteiger partial charge in [-0.25, -0.2) is 4.99 Å². The predicted molar refractivity (Wildman–Crippen MR) is 243 cm³/mol. The van der Waals surface area contributed by atoms with Crippen molar-refractivity contribution in [2.75, 3.05) is 5.32 Å². The van der Waals surface area contributed by atoms with Crippen LogP contribution in [-0.4, -0.2) is 14.8 Å². The van der Waals surface area contributed by atoms with Crippen molar-refractivity contribution >= 4 is 65.7 Å². The SMILES string of the molecule is c1ccc(-c2cc(C3=NC(n4c5cc6c(ccn6-c6ccccc6)cc5c5c6ccccc6c6ccccc6c54)Nc4ccccc43)cc(-c3ccccc3)c2)cc1. The fourth-order valence-corrected chi connectivity index (χ4v) is 9.29. The number of nitrogens with zero attached hydrogens (tertiary/aromatic N) is 3. The first-order valence-corrected chi connectivity index (χ1v) is 19.9. The number of hydrogen-bond donors (Lipinski definition) is 1. The Morgan fingerprint density at radius 3 is 1.71 bits per heavy atom. The van der Waals surface area contributed by atoms with E-state index in [9.17, 15) is 0 Å². The standard InChI is InChI=1S/C54H36N4/c1-4-16-35(17-5-1)38-30-39(36-18-6-2-7-19-36)32-40(31-38)52-46-26-14-15-27-48(46)55-54(56-52)58-50-34-49-37(28-29-57(49)41-20-8-3-9-21-41)33-47(50)51-44-24-12-10-22-42(44)43-23-11-13-25-45(43)53(51)58/h1-34,54-55H. The minimum absolute atomic E-state index is 0.451. The molecular formula is C54H36N4. The molecule has 0 saturated heterocycles. The molecular weight excluding hydrogens is 705 g/mol. The Labute approximate surface area is 335 Å². The maximum atomic E-state index is 5.80. The molecule has 0 aliphatic carbocycles. The molecule has 1 aliphatic heterocycles. The Kier molecular flexibility index (Phi) is 7.26. The van der Waals surface area contributed by atoms with Crippen molar-refractivity contribution in [3.63, 3.8) is 0 Å². The quantitative estimate of drug-likeness (QED) is 0.175. The van der Waals surface area contributed by atoms with Gasteiger partial charge in [-0.1, -0.05) is 146 Å². The first-order valence-electron chi connectivity index (χ1n) is 19.9. The van der Waals surface area contributed by atoms with Gasteiger partial charge in [0.2, 0.25) is 6.29 Å². The third-order valence-corrected chi connectivity index (χ3v) is 11.9. The number of aromatic nitrogens is 2. The average Bonchev–Trinajstić information content (AvgIpc) is 3.87. The van der Waals surface area contributed by atoms with E-state index in [-0.39, 0.29) is 0 Å². The van der Waals surface area contributed by atoms with Gasteiger partial charge in [0.15, 0.2) is 0 Å². The maximum Gasteiger partial charge on any atom is 0.201 e. The van der Waals surface area contributed by atoms with Gasteiger partial charge in [0.05, 0.1) is 22.3 Å². The molecule has 1 aliphatic rings. The van der Waals surface area contributed by atoms with Gasteiger partial charge < -0.3 is 14.5 Å². The second-order valence-corrected chi connectivity index (χ2v) is 15.2. The molecule has 12 rings (SSSR count). The smallest absolute Gasteiger partial charge is 0.201 e. The normalized spacial score (nSPS) is 13.9. The molecule has 0 bridgehead atoms. The molecule has 0 radical (unpaired) electrons. The van der Waals surface area contributed by atoms with Gasteiger partial charge in [-0.15, -0.1) is 0 Å². The van der Waals surface area contributed by atoms with Gasteiger partial charge in [-0.05, 0) is 93.0 Å². The Bertz CT molecular complexity index is 3350. The number of para-hydroxylation sites is 2. The largest absolute Gasteiger partial charge is 0.346 e. The molecule has 4 nitrogen and oxygen atoms in total. The lowest BCUT2D eigenvalue weighted by Crippen LogP contribution is -2.25. The first-order chi connectivity index (χ1) is 28.8. The van der Waals surface area contributed by atoms with Gasteiger partial charge in [-0.2, -0.15) is 0 Å². The minimum atomic E-state index is -0.451. The number of fused-ring (bicyclic) bond motifs is 10. The second-order valence-electron chi connectivity index (χ2n) is 15.2. The zero-order valence-corrected chi connectivity index (χ0v) is 31.5. The van der Waals surface area contributed by atoms with E-state index in [2.05, 4.69) is 221 Å². The van der Waals surface area contributed by atoms with Crippen molar-refractivity contribution in [3.05, 3.63) is 218 Å². The molecule has 9 aromatic carbocycles. The van der Waals surface area contributed by atoms with Crippen LogP contribution in [0.15, 0.2) is 211 Å². The topological polar surface area (TPSA) is 34.2 Å². The van der Waals surface area contributed by atoms with Crippen LogP contribution in [0.3, 0.4) is 0 Å². The summed E-state index contributed by atoms with van der Waals surface area (Å²) in [4.78, 5) is 5.80. The molecule has 272 valence electrons. The van der Waals surface area contributed by atoms with Crippen LogP contribution in [0.4, 0.5) is 5.69 Å². The number of hydrogen-bond acceptors (Lipinski definition) is 2. The molecule has 0 amide bonds. The molecule has 1 atom stereocenters. The predicted octanol–water partition coefficient (Wildman–Crippen LogP) is 13.8. The molecule has 1 N–H and O–H groups in total. The molecule has 58 heavy (non-hydrogen) atoms. The van der Waals surface area contributed by atoms with E-state index in [1.165, 1.54) is 54.3 Å². The lowest BCUT2D eigenvalue weighted by Gasteiger charge is -2.29. The van der Waals surface area contributed by atoms with Crippen LogP contribution in [-0.2, 0) is 0 Å². The second kappa shape index (κ2) is 12.9. The monoisotopic (exact) mass is 740 g/mol. The van der Waals surface area contributed by atoms with Crippen LogP contribution in [0.1, 0.15) is 17.4 Å². The number of benzene rings is 9. The van der Waals surface area contributed by atoms with E-state index in [1.807, 2.05) is 0 Å². The molecule has 3 heterocycles. The van der Waals surface area contributed by atoms with Crippen LogP contribution >= 0.6 is 0 Å². The molecule has 11 aromatic rings. The van der Waals surface area contributed by atoms with Crippen molar-refractivity contribution in [1.29, 1.82) is 0 Å². The summed E-state index contributed by atoms with van der Waals surface area (Å²) in [5, 5.41) is 12.5. The van der Waals surface area contributed by atoms with E-state index in [1.54, 1.807) is 0 Å². The zero-order chi connectivity index (χ0) is 38.2. The molecule has 1 unspecified atom stereocenters. The summed E-state index contributed by atoms with van der Waals surface area (Å²) in [6.07, 6.45) is 1.74. The van der Waals surface area contributed by atoms with Crippen molar-refractivity contribution in [1.82, 2.24) is 9.13 Å². The van der Waals surface area contributed by atoms with Crippen LogP contribution in [0.2, 0.25) is 0 Å². The van der Waals surface area contributed by atoms with Crippen molar-refractivity contribution in [3.8, 4) is 27.9 Å². The van der Waals surface area contributed by atoms with Crippen molar-refractivity contribution < 1.29 is 0 Å². The lowest BCUT2D eigenvalue weighted by atomic mass is 9.91. The highest BCUT2D eigenvalue weighted by molar-refractivity contribution is 6.32. The summed E-state index contributed by atoms with van der Waals surface area (Å²) in [6, 6.07) is 72.2. The molecule has 4 heteroatoms. The van der Waals surface area contributed by atoms with E-state index >= 15 is 0 Å². The van der Waals surface area contributed by atoms with Crippen molar-refractivity contribution in [2.24, 2.45) is 4.99 Å². The lowest BCUT2D eigenvalue weighted by molar-refractivity contribution is 0.626. The van der Waals surface area contributed by atoms with Gasteiger partial charge in [-0.3, -0.25) is 0 Å². The molecule has 0 spiro atoms. The first kappa shape index (κ1) is 32.5. The fraction of sp³-hybridized carbons (Fsp3) is 0.0185. The highest BCUT2D eigenvalue weighted by Crippen LogP contribution is 2.45. The Balaban J connectivity index is 1.18. The van der Waals surface area contributed by atoms with Crippen molar-refractivity contribution in [2.45, 2.75) is 6.29 Å². The van der Waals surface area contributed by atoms with Crippen LogP contribution in [0.25, 0.3) is 82.2 Å². The van der Waals surface area contributed by atoms with E-state index in [0.29, 0.717) is 0 Å². The van der Waals surface area contributed by atoms with Crippen LogP contribution in [0, 0.1) is 0 Å². The number of nitrogens with one attached hydrogen (secondary N) is 1. The van der Waals surface area contributed by atoms with Gasteiger partial charge in [0.25, 0.3) is 0 Å². The summed E-state index contributed by atoms with van der Waals surface area (Å²) in [5.74, 6) is 0. The summed E-state index contributed by atoms with van der Waals surface area (Å²) in [6.45, 7) is 0. The Morgan fingerprint density at radius 1 is 0.431 bits per heavy atom. The summed E-state index contributed by atoms with van der Waals surface area (Å²) >= 11 is 0. The minimum Gasteiger partial charge on any atom is -0.346 e. The molecule has 2 aromatic heterocycles. The third kappa shape index (κ3) is 5.05. The highest BCUT2D eigenvalue weighted by atomic mass is 15.3. The van der Waals surface area contributed by atoms with Gasteiger partial charge >= 0.3 is 0 Å². The third-order valence-electron chi connectivity index (χ3n) is 11.9. The summed E-state index contributed by atoms with van der Waals surface area (Å²) in [5.41, 5.74) is 13.4. The maximum absolute atomic E-state index is 5.80. The Morgan fingerprint density at radius 2 is 1.00 bits per heavy atom.